The average Bonchev–Trinajstić information content (AvgIpc) is 2.95. The van der Waals surface area contributed by atoms with Gasteiger partial charge in [0.05, 0.1) is 12.0 Å². The van der Waals surface area contributed by atoms with Gasteiger partial charge in [0.25, 0.3) is 5.56 Å². The van der Waals surface area contributed by atoms with Crippen molar-refractivity contribution in [2.24, 2.45) is 11.8 Å². The zero-order valence-corrected chi connectivity index (χ0v) is 16.9. The molecule has 0 aromatic carbocycles. The summed E-state index contributed by atoms with van der Waals surface area (Å²) < 4.78 is 1.88. The Morgan fingerprint density at radius 2 is 2.11 bits per heavy atom. The minimum Gasteiger partial charge on any atom is -0.396 e. The number of nitrogens with zero attached hydrogens (tertiary/aromatic N) is 2. The smallest absolute Gasteiger partial charge is 0.258 e. The topological polar surface area (TPSA) is 74.6 Å². The maximum atomic E-state index is 13.4. The van der Waals surface area contributed by atoms with E-state index in [1.165, 1.54) is 6.42 Å². The van der Waals surface area contributed by atoms with E-state index in [2.05, 4.69) is 23.2 Å². The van der Waals surface area contributed by atoms with Gasteiger partial charge in [-0.05, 0) is 56.9 Å². The predicted octanol–water partition coefficient (Wildman–Crippen LogP) is 1.93. The van der Waals surface area contributed by atoms with Crippen molar-refractivity contribution in [3.63, 3.8) is 0 Å². The third-order valence-electron chi connectivity index (χ3n) is 6.83. The van der Waals surface area contributed by atoms with Crippen molar-refractivity contribution in [3.05, 3.63) is 39.8 Å². The highest BCUT2D eigenvalue weighted by atomic mass is 16.3. The fourth-order valence-electron chi connectivity index (χ4n) is 5.58. The van der Waals surface area contributed by atoms with Gasteiger partial charge in [-0.1, -0.05) is 13.0 Å². The van der Waals surface area contributed by atoms with Crippen LogP contribution in [-0.2, 0) is 11.3 Å². The number of pyridine rings is 1. The number of fused-ring (bicyclic) bond motifs is 4. The molecule has 152 valence electrons. The highest BCUT2D eigenvalue weighted by Gasteiger charge is 2.55. The quantitative estimate of drug-likeness (QED) is 0.812. The van der Waals surface area contributed by atoms with Gasteiger partial charge in [0.2, 0.25) is 5.91 Å². The summed E-state index contributed by atoms with van der Waals surface area (Å²) in [5.74, 6) is -0.511. The van der Waals surface area contributed by atoms with Gasteiger partial charge in [-0.3, -0.25) is 14.5 Å². The lowest BCUT2D eigenvalue weighted by Crippen LogP contribution is -2.46. The van der Waals surface area contributed by atoms with Gasteiger partial charge in [0.15, 0.2) is 0 Å². The monoisotopic (exact) mass is 385 g/mol. The summed E-state index contributed by atoms with van der Waals surface area (Å²) in [4.78, 5) is 28.5. The second-order valence-electron chi connectivity index (χ2n) is 8.17. The number of aliphatic hydroxyl groups is 1. The lowest BCUT2D eigenvalue weighted by molar-refractivity contribution is -0.127. The minimum atomic E-state index is -0.331. The molecule has 1 amide bonds. The highest BCUT2D eigenvalue weighted by Crippen LogP contribution is 2.48. The maximum Gasteiger partial charge on any atom is 0.258 e. The Morgan fingerprint density at radius 1 is 1.29 bits per heavy atom. The van der Waals surface area contributed by atoms with Crippen LogP contribution in [0.4, 0.5) is 0 Å². The van der Waals surface area contributed by atoms with Crippen molar-refractivity contribution in [3.8, 4) is 0 Å². The van der Waals surface area contributed by atoms with E-state index in [9.17, 15) is 14.7 Å². The first-order valence-electron chi connectivity index (χ1n) is 10.7. The van der Waals surface area contributed by atoms with E-state index in [0.29, 0.717) is 13.1 Å². The number of allylic oxidation sites excluding steroid dienone is 2. The van der Waals surface area contributed by atoms with E-state index in [1.54, 1.807) is 0 Å². The Kier molecular flexibility index (Phi) is 5.43. The van der Waals surface area contributed by atoms with Crippen LogP contribution in [0.15, 0.2) is 23.0 Å². The van der Waals surface area contributed by atoms with Gasteiger partial charge in [-0.2, -0.15) is 0 Å². The van der Waals surface area contributed by atoms with Gasteiger partial charge < -0.3 is 15.0 Å². The number of carbonyl (C=O) groups excluding carboxylic acids is 1. The van der Waals surface area contributed by atoms with E-state index < -0.39 is 0 Å². The number of nitrogens with one attached hydrogen (secondary N) is 1. The molecule has 0 unspecified atom stereocenters. The van der Waals surface area contributed by atoms with Crippen LogP contribution in [0.3, 0.4) is 0 Å². The van der Waals surface area contributed by atoms with Crippen LogP contribution in [0.1, 0.15) is 56.8 Å². The number of aliphatic hydroxyl groups excluding tert-OH is 1. The summed E-state index contributed by atoms with van der Waals surface area (Å²) >= 11 is 0. The second-order valence-corrected chi connectivity index (χ2v) is 8.17. The van der Waals surface area contributed by atoms with E-state index in [0.717, 1.165) is 42.6 Å². The standard InChI is InChI=1S/C22H31N3O3/c1-3-23-21(27)19-16(13-26)18-12-25-17(20(19)24(18)4-2)11-10-15(22(25)28)14-8-6-5-7-9-14/h8,10-11,16,18-20,26H,3-7,9,12-13H2,1-2H3,(H,23,27)/t16-,18-,19+,20+/m0/s1. The van der Waals surface area contributed by atoms with Crippen molar-refractivity contribution in [2.45, 2.75) is 58.2 Å². The molecule has 2 bridgehead atoms. The van der Waals surface area contributed by atoms with E-state index in [1.807, 2.05) is 23.6 Å². The summed E-state index contributed by atoms with van der Waals surface area (Å²) in [6.07, 6.45) is 6.53. The average molecular weight is 386 g/mol. The van der Waals surface area contributed by atoms with Crippen LogP contribution in [0, 0.1) is 11.8 Å². The zero-order valence-electron chi connectivity index (χ0n) is 16.9. The molecule has 4 rings (SSSR count). The molecule has 1 aliphatic carbocycles. The van der Waals surface area contributed by atoms with Crippen molar-refractivity contribution < 1.29 is 9.90 Å². The van der Waals surface area contributed by atoms with Crippen LogP contribution in [0.2, 0.25) is 0 Å². The SMILES string of the molecule is CCNC(=O)[C@@H]1[C@@H](CO)[C@@H]2Cn3c(ccc(C4=CCCCC4)c3=O)[C@H]1N2CC. The number of carbonyl (C=O) groups is 1. The molecule has 1 fully saturated rings. The number of rotatable bonds is 5. The predicted molar refractivity (Wildman–Crippen MR) is 109 cm³/mol. The molecule has 3 aliphatic rings. The molecular formula is C22H31N3O3. The molecule has 0 spiro atoms. The normalized spacial score (nSPS) is 29.3. The van der Waals surface area contributed by atoms with Gasteiger partial charge in [0.1, 0.15) is 0 Å². The molecule has 2 aliphatic heterocycles. The number of likely N-dealkylation sites (N-methyl/N-ethyl adjacent to an activating group) is 1. The Balaban J connectivity index is 1.81. The third kappa shape index (κ3) is 2.94. The second kappa shape index (κ2) is 7.84. The Morgan fingerprint density at radius 3 is 2.75 bits per heavy atom. The fraction of sp³-hybridized carbons (Fsp3) is 0.636. The first-order valence-corrected chi connectivity index (χ1v) is 10.7. The van der Waals surface area contributed by atoms with Crippen molar-refractivity contribution in [2.75, 3.05) is 19.7 Å². The summed E-state index contributed by atoms with van der Waals surface area (Å²) in [6, 6.07) is 3.85. The van der Waals surface area contributed by atoms with Crippen LogP contribution < -0.4 is 10.9 Å². The largest absolute Gasteiger partial charge is 0.396 e. The number of amides is 1. The van der Waals surface area contributed by atoms with E-state index >= 15 is 0 Å². The molecule has 1 aromatic rings. The molecule has 0 saturated carbocycles. The fourth-order valence-corrected chi connectivity index (χ4v) is 5.58. The molecule has 4 atom stereocenters. The van der Waals surface area contributed by atoms with Gasteiger partial charge >= 0.3 is 0 Å². The van der Waals surface area contributed by atoms with Crippen molar-refractivity contribution in [1.82, 2.24) is 14.8 Å². The molecule has 28 heavy (non-hydrogen) atoms. The Labute approximate surface area is 166 Å². The molecule has 1 aromatic heterocycles. The lowest BCUT2D eigenvalue weighted by atomic mass is 9.86. The molecule has 0 radical (unpaired) electrons. The zero-order chi connectivity index (χ0) is 19.8. The van der Waals surface area contributed by atoms with Gasteiger partial charge in [-0.15, -0.1) is 0 Å². The molecular weight excluding hydrogens is 354 g/mol. The molecule has 6 nitrogen and oxygen atoms in total. The molecule has 3 heterocycles. The van der Waals surface area contributed by atoms with Gasteiger partial charge in [0, 0.05) is 42.9 Å². The van der Waals surface area contributed by atoms with Crippen molar-refractivity contribution in [1.29, 1.82) is 0 Å². The van der Waals surface area contributed by atoms with Crippen LogP contribution in [-0.4, -0.2) is 46.2 Å². The molecule has 1 saturated heterocycles. The van der Waals surface area contributed by atoms with E-state index in [4.69, 9.17) is 0 Å². The summed E-state index contributed by atoms with van der Waals surface area (Å²) in [6.45, 7) is 5.86. The Bertz CT molecular complexity index is 844. The minimum absolute atomic E-state index is 0.00777. The first kappa shape index (κ1) is 19.4. The van der Waals surface area contributed by atoms with Crippen LogP contribution in [0.25, 0.3) is 5.57 Å². The Hall–Kier alpha value is -1.92. The summed E-state index contributed by atoms with van der Waals surface area (Å²) in [5, 5.41) is 13.1. The molecule has 6 heteroatoms. The summed E-state index contributed by atoms with van der Waals surface area (Å²) in [5.41, 5.74) is 2.94. The highest BCUT2D eigenvalue weighted by molar-refractivity contribution is 5.80. The number of aromatic nitrogens is 1. The molecule has 2 N–H and O–H groups in total. The van der Waals surface area contributed by atoms with Gasteiger partial charge in [-0.25, -0.2) is 0 Å². The maximum absolute atomic E-state index is 13.4. The van der Waals surface area contributed by atoms with Crippen molar-refractivity contribution >= 4 is 11.5 Å². The number of hydrogen-bond donors (Lipinski definition) is 2. The van der Waals surface area contributed by atoms with Crippen LogP contribution in [0.5, 0.6) is 0 Å². The third-order valence-corrected chi connectivity index (χ3v) is 6.83. The first-order chi connectivity index (χ1) is 13.6. The number of hydrogen-bond acceptors (Lipinski definition) is 4. The van der Waals surface area contributed by atoms with E-state index in [-0.39, 0.29) is 42.0 Å². The summed E-state index contributed by atoms with van der Waals surface area (Å²) in [7, 11) is 0. The van der Waals surface area contributed by atoms with Crippen LogP contribution >= 0.6 is 0 Å². The lowest BCUT2D eigenvalue weighted by Gasteiger charge is -2.37.